The zero-order chi connectivity index (χ0) is 26.4. The van der Waals surface area contributed by atoms with E-state index in [0.717, 1.165) is 38.8 Å². The summed E-state index contributed by atoms with van der Waals surface area (Å²) in [6, 6.07) is 3.74. The molecule has 0 spiro atoms. The Bertz CT molecular complexity index is 970. The molecule has 1 unspecified atom stereocenters. The van der Waals surface area contributed by atoms with Crippen LogP contribution in [0.2, 0.25) is 0 Å². The minimum Gasteiger partial charge on any atom is -0.463 e. The number of ether oxygens (including phenoxy) is 6. The Balaban J connectivity index is 2.00. The monoisotopic (exact) mass is 508 g/mol. The number of esters is 4. The van der Waals surface area contributed by atoms with Crippen LogP contribution in [0.1, 0.15) is 52.1 Å². The van der Waals surface area contributed by atoms with Crippen molar-refractivity contribution >= 4 is 23.9 Å². The summed E-state index contributed by atoms with van der Waals surface area (Å²) >= 11 is 0. The van der Waals surface area contributed by atoms with Crippen molar-refractivity contribution in [2.24, 2.45) is 0 Å². The zero-order valence-electron chi connectivity index (χ0n) is 21.0. The molecule has 3 heterocycles. The molecular weight excluding hydrogens is 476 g/mol. The number of rotatable bonds is 8. The van der Waals surface area contributed by atoms with Crippen LogP contribution in [0, 0.1) is 0 Å². The molecule has 1 aromatic rings. The molecule has 2 aliphatic rings. The summed E-state index contributed by atoms with van der Waals surface area (Å²) in [7, 11) is 2.00. The minimum absolute atomic E-state index is 0.0550. The van der Waals surface area contributed by atoms with Crippen molar-refractivity contribution < 1.29 is 47.6 Å². The molecule has 1 aromatic heterocycles. The molecule has 0 bridgehead atoms. The largest absolute Gasteiger partial charge is 0.463 e. The lowest BCUT2D eigenvalue weighted by atomic mass is 9.98. The van der Waals surface area contributed by atoms with Gasteiger partial charge < -0.3 is 28.4 Å². The van der Waals surface area contributed by atoms with Gasteiger partial charge in [0, 0.05) is 45.5 Å². The first-order valence-electron chi connectivity index (χ1n) is 11.7. The highest BCUT2D eigenvalue weighted by molar-refractivity contribution is 5.68. The van der Waals surface area contributed by atoms with E-state index in [4.69, 9.17) is 28.4 Å². The standard InChI is InChI=1S/C24H32N2O10/c1-13(27)31-12-19-20(32-14(2)28)21(33-15(3)29)22(34-16(4)30)24(35-19)36-23-17(8-6-10-25-23)18-9-7-11-26(18)5/h6,8,10,18-22,24H,7,9,11-12H2,1-5H3/t18?,19-,20-,21+,22-,24+/m1/s1. The summed E-state index contributed by atoms with van der Waals surface area (Å²) in [5, 5.41) is 0. The Morgan fingerprint density at radius 2 is 1.61 bits per heavy atom. The summed E-state index contributed by atoms with van der Waals surface area (Å²) in [4.78, 5) is 53.9. The van der Waals surface area contributed by atoms with Gasteiger partial charge in [0.1, 0.15) is 12.7 Å². The van der Waals surface area contributed by atoms with Gasteiger partial charge in [0.2, 0.25) is 18.3 Å². The van der Waals surface area contributed by atoms with Gasteiger partial charge in [0.15, 0.2) is 12.2 Å². The Kier molecular flexibility index (Phi) is 9.21. The quantitative estimate of drug-likeness (QED) is 0.369. The van der Waals surface area contributed by atoms with Gasteiger partial charge in [-0.15, -0.1) is 0 Å². The van der Waals surface area contributed by atoms with Crippen LogP contribution >= 0.6 is 0 Å². The van der Waals surface area contributed by atoms with Crippen LogP contribution in [0.3, 0.4) is 0 Å². The van der Waals surface area contributed by atoms with Crippen molar-refractivity contribution in [1.82, 2.24) is 9.88 Å². The van der Waals surface area contributed by atoms with Crippen LogP contribution in [0.4, 0.5) is 0 Å². The first-order chi connectivity index (χ1) is 17.1. The van der Waals surface area contributed by atoms with E-state index in [0.29, 0.717) is 0 Å². The van der Waals surface area contributed by atoms with Crippen molar-refractivity contribution in [3.8, 4) is 5.88 Å². The SMILES string of the molecule is CC(=O)OC[C@H]1O[C@@H](Oc2ncccc2C2CCCN2C)[C@H](OC(C)=O)[C@@H](OC(C)=O)[C@@H]1OC(C)=O. The highest BCUT2D eigenvalue weighted by atomic mass is 16.7. The number of carbonyl (C=O) groups is 4. The zero-order valence-corrected chi connectivity index (χ0v) is 21.0. The van der Waals surface area contributed by atoms with Crippen molar-refractivity contribution in [2.75, 3.05) is 20.2 Å². The highest BCUT2D eigenvalue weighted by Crippen LogP contribution is 2.37. The lowest BCUT2D eigenvalue weighted by Crippen LogP contribution is -2.63. The molecule has 0 aliphatic carbocycles. The molecule has 36 heavy (non-hydrogen) atoms. The topological polar surface area (TPSA) is 140 Å². The fourth-order valence-corrected chi connectivity index (χ4v) is 4.45. The normalized spacial score (nSPS) is 28.1. The lowest BCUT2D eigenvalue weighted by molar-refractivity contribution is -0.289. The molecule has 2 saturated heterocycles. The minimum atomic E-state index is -1.33. The number of carbonyl (C=O) groups excluding carboxylic acids is 4. The number of hydrogen-bond donors (Lipinski definition) is 0. The van der Waals surface area contributed by atoms with Crippen LogP contribution in [0.5, 0.6) is 5.88 Å². The summed E-state index contributed by atoms with van der Waals surface area (Å²) in [5.41, 5.74) is 0.811. The summed E-state index contributed by atoms with van der Waals surface area (Å²) < 4.78 is 33.6. The van der Waals surface area contributed by atoms with Gasteiger partial charge >= 0.3 is 23.9 Å². The van der Waals surface area contributed by atoms with E-state index in [2.05, 4.69) is 9.88 Å². The molecule has 12 heteroatoms. The summed E-state index contributed by atoms with van der Waals surface area (Å²) in [6.45, 7) is 5.29. The highest BCUT2D eigenvalue weighted by Gasteiger charge is 2.53. The second-order valence-electron chi connectivity index (χ2n) is 8.72. The van der Waals surface area contributed by atoms with Gasteiger partial charge in [-0.2, -0.15) is 0 Å². The van der Waals surface area contributed by atoms with E-state index >= 15 is 0 Å². The van der Waals surface area contributed by atoms with Crippen LogP contribution in [-0.2, 0) is 42.9 Å². The molecule has 0 radical (unpaired) electrons. The summed E-state index contributed by atoms with van der Waals surface area (Å²) in [5.74, 6) is -2.47. The Hall–Kier alpha value is -3.25. The molecule has 3 rings (SSSR count). The fraction of sp³-hybridized carbons (Fsp3) is 0.625. The van der Waals surface area contributed by atoms with Crippen LogP contribution in [-0.4, -0.2) is 84.7 Å². The molecule has 0 amide bonds. The van der Waals surface area contributed by atoms with E-state index in [1.165, 1.54) is 13.8 Å². The molecule has 0 aromatic carbocycles. The first kappa shape index (κ1) is 27.3. The van der Waals surface area contributed by atoms with Crippen LogP contribution in [0.15, 0.2) is 18.3 Å². The summed E-state index contributed by atoms with van der Waals surface area (Å²) in [6.07, 6.45) is -2.84. The average Bonchev–Trinajstić information content (AvgIpc) is 3.21. The third-order valence-electron chi connectivity index (χ3n) is 5.86. The van der Waals surface area contributed by atoms with E-state index < -0.39 is 54.6 Å². The second kappa shape index (κ2) is 12.1. The van der Waals surface area contributed by atoms with Crippen LogP contribution in [0.25, 0.3) is 0 Å². The molecule has 2 aliphatic heterocycles. The number of aromatic nitrogens is 1. The molecule has 12 nitrogen and oxygen atoms in total. The Morgan fingerprint density at radius 3 is 2.19 bits per heavy atom. The predicted octanol–water partition coefficient (Wildman–Crippen LogP) is 1.31. The van der Waals surface area contributed by atoms with Crippen molar-refractivity contribution in [1.29, 1.82) is 0 Å². The maximum absolute atomic E-state index is 12.0. The Morgan fingerprint density at radius 1 is 0.972 bits per heavy atom. The van der Waals surface area contributed by atoms with Crippen molar-refractivity contribution in [3.63, 3.8) is 0 Å². The lowest BCUT2D eigenvalue weighted by Gasteiger charge is -2.43. The van der Waals surface area contributed by atoms with Gasteiger partial charge in [0.05, 0.1) is 0 Å². The Labute approximate surface area is 209 Å². The third kappa shape index (κ3) is 6.91. The predicted molar refractivity (Wildman–Crippen MR) is 121 cm³/mol. The van der Waals surface area contributed by atoms with Gasteiger partial charge in [-0.3, -0.25) is 24.1 Å². The van der Waals surface area contributed by atoms with Crippen molar-refractivity contribution in [2.45, 2.75) is 77.3 Å². The average molecular weight is 509 g/mol. The van der Waals surface area contributed by atoms with E-state index in [-0.39, 0.29) is 18.5 Å². The number of nitrogens with zero attached hydrogens (tertiary/aromatic N) is 2. The third-order valence-corrected chi connectivity index (χ3v) is 5.86. The molecular formula is C24H32N2O10. The second-order valence-corrected chi connectivity index (χ2v) is 8.72. The molecule has 2 fully saturated rings. The maximum atomic E-state index is 12.0. The smallest absolute Gasteiger partial charge is 0.303 e. The van der Waals surface area contributed by atoms with Gasteiger partial charge in [-0.25, -0.2) is 4.98 Å². The first-order valence-corrected chi connectivity index (χ1v) is 11.7. The van der Waals surface area contributed by atoms with Gasteiger partial charge in [-0.1, -0.05) is 6.07 Å². The van der Waals surface area contributed by atoms with Gasteiger partial charge in [-0.05, 0) is 32.5 Å². The van der Waals surface area contributed by atoms with Gasteiger partial charge in [0.25, 0.3) is 0 Å². The number of likely N-dealkylation sites (tertiary alicyclic amines) is 1. The fourth-order valence-electron chi connectivity index (χ4n) is 4.45. The van der Waals surface area contributed by atoms with E-state index in [1.807, 2.05) is 13.1 Å². The van der Waals surface area contributed by atoms with E-state index in [9.17, 15) is 19.2 Å². The molecule has 0 N–H and O–H groups in total. The van der Waals surface area contributed by atoms with E-state index in [1.54, 1.807) is 12.3 Å². The maximum Gasteiger partial charge on any atom is 0.303 e. The molecule has 6 atom stereocenters. The molecule has 0 saturated carbocycles. The number of hydrogen-bond acceptors (Lipinski definition) is 12. The van der Waals surface area contributed by atoms with Crippen molar-refractivity contribution in [3.05, 3.63) is 23.9 Å². The molecule has 198 valence electrons. The number of pyridine rings is 1. The van der Waals surface area contributed by atoms with Crippen LogP contribution < -0.4 is 4.74 Å².